The minimum absolute atomic E-state index is 0.0664. The first-order valence-electron chi connectivity index (χ1n) is 5.36. The molecular weight excluding hydrogens is 225 g/mol. The number of carbonyl (C=O) groups excluding carboxylic acids is 1. The lowest BCUT2D eigenvalue weighted by Gasteiger charge is -2.06. The molecule has 0 saturated carbocycles. The third kappa shape index (κ3) is 4.40. The lowest BCUT2D eigenvalue weighted by atomic mass is 10.2. The second-order valence-corrected chi connectivity index (χ2v) is 3.57. The van der Waals surface area contributed by atoms with Gasteiger partial charge in [-0.1, -0.05) is 0 Å². The molecule has 0 aliphatic heterocycles. The number of benzene rings is 1. The van der Waals surface area contributed by atoms with Crippen molar-refractivity contribution >= 4 is 11.7 Å². The SMILES string of the molecule is COCCCCOC(=O)c1cc(F)ccc1N. The van der Waals surface area contributed by atoms with E-state index in [0.29, 0.717) is 13.0 Å². The van der Waals surface area contributed by atoms with Crippen molar-refractivity contribution in [1.29, 1.82) is 0 Å². The van der Waals surface area contributed by atoms with Gasteiger partial charge in [0.1, 0.15) is 5.82 Å². The molecule has 0 radical (unpaired) electrons. The number of ether oxygens (including phenoxy) is 2. The molecule has 2 N–H and O–H groups in total. The van der Waals surface area contributed by atoms with Crippen LogP contribution in [0.4, 0.5) is 10.1 Å². The van der Waals surface area contributed by atoms with E-state index >= 15 is 0 Å². The Labute approximate surface area is 99.5 Å². The van der Waals surface area contributed by atoms with Crippen molar-refractivity contribution in [2.75, 3.05) is 26.1 Å². The van der Waals surface area contributed by atoms with Crippen molar-refractivity contribution in [1.82, 2.24) is 0 Å². The first-order chi connectivity index (χ1) is 8.15. The van der Waals surface area contributed by atoms with Crippen molar-refractivity contribution in [2.45, 2.75) is 12.8 Å². The minimum atomic E-state index is -0.598. The molecule has 0 saturated heterocycles. The Hall–Kier alpha value is -1.62. The zero-order valence-electron chi connectivity index (χ0n) is 9.74. The van der Waals surface area contributed by atoms with E-state index in [1.54, 1.807) is 7.11 Å². The number of anilines is 1. The van der Waals surface area contributed by atoms with Crippen LogP contribution in [-0.2, 0) is 9.47 Å². The molecule has 4 nitrogen and oxygen atoms in total. The lowest BCUT2D eigenvalue weighted by molar-refractivity contribution is 0.0490. The minimum Gasteiger partial charge on any atom is -0.462 e. The molecule has 0 unspecified atom stereocenters. The van der Waals surface area contributed by atoms with E-state index in [0.717, 1.165) is 12.5 Å². The van der Waals surface area contributed by atoms with Gasteiger partial charge in [0.05, 0.1) is 12.2 Å². The van der Waals surface area contributed by atoms with Crippen LogP contribution in [0.1, 0.15) is 23.2 Å². The summed E-state index contributed by atoms with van der Waals surface area (Å²) >= 11 is 0. The topological polar surface area (TPSA) is 61.5 Å². The quantitative estimate of drug-likeness (QED) is 0.470. The van der Waals surface area contributed by atoms with Gasteiger partial charge in [0.2, 0.25) is 0 Å². The monoisotopic (exact) mass is 241 g/mol. The van der Waals surface area contributed by atoms with Crippen LogP contribution in [0.3, 0.4) is 0 Å². The van der Waals surface area contributed by atoms with Gasteiger partial charge < -0.3 is 15.2 Å². The third-order valence-electron chi connectivity index (χ3n) is 2.21. The summed E-state index contributed by atoms with van der Waals surface area (Å²) in [5, 5.41) is 0. The number of halogens is 1. The molecule has 1 aromatic rings. The number of methoxy groups -OCH3 is 1. The van der Waals surface area contributed by atoms with Crippen LogP contribution >= 0.6 is 0 Å². The van der Waals surface area contributed by atoms with E-state index in [4.69, 9.17) is 15.2 Å². The van der Waals surface area contributed by atoms with Gasteiger partial charge in [-0.15, -0.1) is 0 Å². The Morgan fingerprint density at radius 1 is 1.35 bits per heavy atom. The summed E-state index contributed by atoms with van der Waals surface area (Å²) in [6, 6.07) is 3.62. The maximum atomic E-state index is 12.9. The molecule has 5 heteroatoms. The van der Waals surface area contributed by atoms with Crippen molar-refractivity contribution in [2.24, 2.45) is 0 Å². The van der Waals surface area contributed by atoms with E-state index in [1.165, 1.54) is 12.1 Å². The van der Waals surface area contributed by atoms with Gasteiger partial charge >= 0.3 is 5.97 Å². The maximum absolute atomic E-state index is 12.9. The predicted octanol–water partition coefficient (Wildman–Crippen LogP) is 1.99. The number of carbonyl (C=O) groups is 1. The Morgan fingerprint density at radius 3 is 2.76 bits per heavy atom. The Balaban J connectivity index is 2.44. The fourth-order valence-corrected chi connectivity index (χ4v) is 1.30. The Bertz CT molecular complexity index is 382. The molecule has 0 aromatic heterocycles. The van der Waals surface area contributed by atoms with Gasteiger partial charge in [0.25, 0.3) is 0 Å². The molecule has 0 heterocycles. The first kappa shape index (κ1) is 13.4. The van der Waals surface area contributed by atoms with Crippen LogP contribution in [0, 0.1) is 5.82 Å². The zero-order valence-corrected chi connectivity index (χ0v) is 9.74. The Kier molecular flexibility index (Phi) is 5.42. The molecule has 94 valence electrons. The van der Waals surface area contributed by atoms with Crippen molar-refractivity contribution in [3.05, 3.63) is 29.6 Å². The van der Waals surface area contributed by atoms with Crippen LogP contribution in [0.15, 0.2) is 18.2 Å². The average molecular weight is 241 g/mol. The number of nitrogens with two attached hydrogens (primary N) is 1. The van der Waals surface area contributed by atoms with Gasteiger partial charge in [0, 0.05) is 19.4 Å². The fraction of sp³-hybridized carbons (Fsp3) is 0.417. The number of hydrogen-bond acceptors (Lipinski definition) is 4. The standard InChI is InChI=1S/C12H16FNO3/c1-16-6-2-3-7-17-12(15)10-8-9(13)4-5-11(10)14/h4-5,8H,2-3,6-7,14H2,1H3. The van der Waals surface area contributed by atoms with E-state index < -0.39 is 11.8 Å². The second kappa shape index (κ2) is 6.85. The highest BCUT2D eigenvalue weighted by Gasteiger charge is 2.11. The van der Waals surface area contributed by atoms with E-state index in [-0.39, 0.29) is 17.9 Å². The molecule has 0 aliphatic rings. The third-order valence-corrected chi connectivity index (χ3v) is 2.21. The van der Waals surface area contributed by atoms with Crippen LogP contribution in [-0.4, -0.2) is 26.3 Å². The molecule has 1 aromatic carbocycles. The summed E-state index contributed by atoms with van der Waals surface area (Å²) in [6.07, 6.45) is 1.51. The highest BCUT2D eigenvalue weighted by Crippen LogP contribution is 2.14. The zero-order chi connectivity index (χ0) is 12.7. The van der Waals surface area contributed by atoms with Gasteiger partial charge in [-0.05, 0) is 31.0 Å². The summed E-state index contributed by atoms with van der Waals surface area (Å²) < 4.78 is 22.7. The summed E-state index contributed by atoms with van der Waals surface area (Å²) in [7, 11) is 1.61. The van der Waals surface area contributed by atoms with Crippen LogP contribution in [0.2, 0.25) is 0 Å². The summed E-state index contributed by atoms with van der Waals surface area (Å²) in [5.41, 5.74) is 5.84. The van der Waals surface area contributed by atoms with Crippen molar-refractivity contribution in [3.8, 4) is 0 Å². The number of nitrogen functional groups attached to an aromatic ring is 1. The maximum Gasteiger partial charge on any atom is 0.340 e. The van der Waals surface area contributed by atoms with E-state index in [2.05, 4.69) is 0 Å². The van der Waals surface area contributed by atoms with Gasteiger partial charge in [-0.25, -0.2) is 9.18 Å². The fourth-order valence-electron chi connectivity index (χ4n) is 1.30. The van der Waals surface area contributed by atoms with Crippen LogP contribution < -0.4 is 5.73 Å². The van der Waals surface area contributed by atoms with Crippen molar-refractivity contribution < 1.29 is 18.7 Å². The molecule has 0 amide bonds. The molecule has 17 heavy (non-hydrogen) atoms. The summed E-state index contributed by atoms with van der Waals surface area (Å²) in [4.78, 5) is 11.6. The average Bonchev–Trinajstić information content (AvgIpc) is 2.32. The lowest BCUT2D eigenvalue weighted by Crippen LogP contribution is -2.10. The molecule has 0 fully saturated rings. The molecular formula is C12H16FNO3. The normalized spacial score (nSPS) is 10.2. The largest absolute Gasteiger partial charge is 0.462 e. The van der Waals surface area contributed by atoms with E-state index in [9.17, 15) is 9.18 Å². The highest BCUT2D eigenvalue weighted by molar-refractivity contribution is 5.95. The molecule has 0 bridgehead atoms. The second-order valence-electron chi connectivity index (χ2n) is 3.57. The number of hydrogen-bond donors (Lipinski definition) is 1. The summed E-state index contributed by atoms with van der Waals surface area (Å²) in [6.45, 7) is 0.901. The smallest absolute Gasteiger partial charge is 0.340 e. The van der Waals surface area contributed by atoms with Gasteiger partial charge in [-0.3, -0.25) is 0 Å². The summed E-state index contributed by atoms with van der Waals surface area (Å²) in [5.74, 6) is -1.11. The van der Waals surface area contributed by atoms with E-state index in [1.807, 2.05) is 0 Å². The van der Waals surface area contributed by atoms with Crippen LogP contribution in [0.5, 0.6) is 0 Å². The molecule has 1 rings (SSSR count). The number of unbranched alkanes of at least 4 members (excludes halogenated alkanes) is 1. The molecule has 0 spiro atoms. The number of esters is 1. The first-order valence-corrected chi connectivity index (χ1v) is 5.36. The van der Waals surface area contributed by atoms with Crippen molar-refractivity contribution in [3.63, 3.8) is 0 Å². The van der Waals surface area contributed by atoms with Gasteiger partial charge in [-0.2, -0.15) is 0 Å². The molecule has 0 atom stereocenters. The van der Waals surface area contributed by atoms with Crippen LogP contribution in [0.25, 0.3) is 0 Å². The van der Waals surface area contributed by atoms with Gasteiger partial charge in [0.15, 0.2) is 0 Å². The highest BCUT2D eigenvalue weighted by atomic mass is 19.1. The predicted molar refractivity (Wildman–Crippen MR) is 62.2 cm³/mol. The Morgan fingerprint density at radius 2 is 2.06 bits per heavy atom. The number of rotatable bonds is 6. The molecule has 0 aliphatic carbocycles.